The molecule has 1 amide bonds. The van der Waals surface area contributed by atoms with Crippen LogP contribution < -0.4 is 5.32 Å². The van der Waals surface area contributed by atoms with Gasteiger partial charge in [-0.15, -0.1) is 13.2 Å². The molecule has 0 aliphatic heterocycles. The Hall–Kier alpha value is -2.51. The molecule has 0 unspecified atom stereocenters. The van der Waals surface area contributed by atoms with E-state index in [1.807, 2.05) is 13.0 Å². The Morgan fingerprint density at radius 1 is 1.41 bits per heavy atom. The summed E-state index contributed by atoms with van der Waals surface area (Å²) in [5, 5.41) is 12.8. The lowest BCUT2D eigenvalue weighted by Crippen LogP contribution is -2.32. The third-order valence-corrected chi connectivity index (χ3v) is 3.13. The number of nitrogens with zero attached hydrogens (tertiary/aromatic N) is 2. The van der Waals surface area contributed by atoms with E-state index in [0.717, 1.165) is 11.3 Å². The number of hydrogen-bond donors (Lipinski definition) is 1. The average Bonchev–Trinajstić information content (AvgIpc) is 2.49. The van der Waals surface area contributed by atoms with Crippen LogP contribution in [0.1, 0.15) is 5.56 Å². The molecule has 1 N–H and O–H groups in total. The Kier molecular flexibility index (Phi) is 6.94. The zero-order chi connectivity index (χ0) is 16.5. The van der Waals surface area contributed by atoms with Crippen LogP contribution in [0.25, 0.3) is 0 Å². The molecule has 114 valence electrons. The Bertz CT molecular complexity index is 634. The number of nitrogens with one attached hydrogen (secondary N) is 1. The van der Waals surface area contributed by atoms with Crippen LogP contribution in [0, 0.1) is 18.3 Å². The van der Waals surface area contributed by atoms with Gasteiger partial charge < -0.3 is 10.2 Å². The van der Waals surface area contributed by atoms with Crippen molar-refractivity contribution in [2.75, 3.05) is 18.4 Å². The van der Waals surface area contributed by atoms with Gasteiger partial charge in [0, 0.05) is 30.0 Å². The molecule has 4 nitrogen and oxygen atoms in total. The monoisotopic (exact) mass is 315 g/mol. The number of anilines is 1. The molecule has 0 bridgehead atoms. The standard InChI is InChI=1S/C17H18ClN3O/c1-4-8-21(9-5-2)17(22)14(11-19)12-20-16-7-6-15(18)10-13(16)3/h4-7,10,12,20H,1-2,8-9H2,3H3/b14-12-. The first-order chi connectivity index (χ1) is 10.5. The number of aryl methyl sites for hydroxylation is 1. The lowest BCUT2D eigenvalue weighted by molar-refractivity contribution is -0.125. The fourth-order valence-corrected chi connectivity index (χ4v) is 2.03. The van der Waals surface area contributed by atoms with Crippen LogP contribution in [0.15, 0.2) is 55.3 Å². The van der Waals surface area contributed by atoms with Crippen LogP contribution in [-0.2, 0) is 4.79 Å². The molecule has 1 aromatic rings. The van der Waals surface area contributed by atoms with E-state index in [1.165, 1.54) is 11.1 Å². The van der Waals surface area contributed by atoms with Crippen LogP contribution in [0.5, 0.6) is 0 Å². The van der Waals surface area contributed by atoms with Gasteiger partial charge in [0.1, 0.15) is 11.6 Å². The normalized spacial score (nSPS) is 10.5. The van der Waals surface area contributed by atoms with E-state index in [-0.39, 0.29) is 11.5 Å². The van der Waals surface area contributed by atoms with Gasteiger partial charge in [-0.1, -0.05) is 23.8 Å². The van der Waals surface area contributed by atoms with E-state index >= 15 is 0 Å². The lowest BCUT2D eigenvalue weighted by atomic mass is 10.2. The highest BCUT2D eigenvalue weighted by Gasteiger charge is 2.16. The highest BCUT2D eigenvalue weighted by atomic mass is 35.5. The van der Waals surface area contributed by atoms with Gasteiger partial charge in [0.05, 0.1) is 0 Å². The summed E-state index contributed by atoms with van der Waals surface area (Å²) in [5.74, 6) is -0.374. The van der Waals surface area contributed by atoms with Crippen LogP contribution in [-0.4, -0.2) is 23.9 Å². The lowest BCUT2D eigenvalue weighted by Gasteiger charge is -2.18. The topological polar surface area (TPSA) is 56.1 Å². The summed E-state index contributed by atoms with van der Waals surface area (Å²) in [6.07, 6.45) is 4.61. The molecule has 0 atom stereocenters. The molecule has 0 aromatic heterocycles. The number of halogens is 1. The van der Waals surface area contributed by atoms with E-state index < -0.39 is 0 Å². The first-order valence-corrected chi connectivity index (χ1v) is 7.05. The summed E-state index contributed by atoms with van der Waals surface area (Å²) < 4.78 is 0. The summed E-state index contributed by atoms with van der Waals surface area (Å²) in [5.41, 5.74) is 1.71. The molecule has 1 rings (SSSR count). The fourth-order valence-electron chi connectivity index (χ4n) is 1.80. The van der Waals surface area contributed by atoms with Gasteiger partial charge in [0.15, 0.2) is 0 Å². The minimum absolute atomic E-state index is 0.0121. The summed E-state index contributed by atoms with van der Waals surface area (Å²) in [4.78, 5) is 13.8. The maximum absolute atomic E-state index is 12.3. The third kappa shape index (κ3) is 4.80. The summed E-state index contributed by atoms with van der Waals surface area (Å²) in [7, 11) is 0. The van der Waals surface area contributed by atoms with E-state index in [2.05, 4.69) is 18.5 Å². The van der Waals surface area contributed by atoms with Crippen molar-refractivity contribution in [1.82, 2.24) is 4.90 Å². The number of benzene rings is 1. The summed E-state index contributed by atoms with van der Waals surface area (Å²) in [6, 6.07) is 7.24. The number of amides is 1. The highest BCUT2D eigenvalue weighted by Crippen LogP contribution is 2.19. The Morgan fingerprint density at radius 3 is 2.55 bits per heavy atom. The Balaban J connectivity index is 2.94. The van der Waals surface area contributed by atoms with Gasteiger partial charge in [0.2, 0.25) is 0 Å². The summed E-state index contributed by atoms with van der Waals surface area (Å²) in [6.45, 7) is 9.80. The van der Waals surface area contributed by atoms with Crippen molar-refractivity contribution in [2.24, 2.45) is 0 Å². The van der Waals surface area contributed by atoms with Crippen molar-refractivity contribution in [3.8, 4) is 6.07 Å². The maximum atomic E-state index is 12.3. The van der Waals surface area contributed by atoms with Crippen LogP contribution in [0.3, 0.4) is 0 Å². The van der Waals surface area contributed by atoms with E-state index in [1.54, 1.807) is 30.4 Å². The molecule has 22 heavy (non-hydrogen) atoms. The minimum atomic E-state index is -0.374. The largest absolute Gasteiger partial charge is 0.360 e. The number of carbonyl (C=O) groups excluding carboxylic acids is 1. The maximum Gasteiger partial charge on any atom is 0.266 e. The van der Waals surface area contributed by atoms with Crippen molar-refractivity contribution in [3.05, 3.63) is 65.9 Å². The summed E-state index contributed by atoms with van der Waals surface area (Å²) >= 11 is 5.89. The van der Waals surface area contributed by atoms with Crippen LogP contribution in [0.4, 0.5) is 5.69 Å². The predicted molar refractivity (Wildman–Crippen MR) is 90.5 cm³/mol. The molecule has 5 heteroatoms. The zero-order valence-corrected chi connectivity index (χ0v) is 13.2. The van der Waals surface area contributed by atoms with Gasteiger partial charge in [-0.2, -0.15) is 5.26 Å². The van der Waals surface area contributed by atoms with Crippen molar-refractivity contribution in [3.63, 3.8) is 0 Å². The second-order valence-electron chi connectivity index (χ2n) is 4.56. The number of nitriles is 1. The van der Waals surface area contributed by atoms with E-state index in [0.29, 0.717) is 18.1 Å². The predicted octanol–water partition coefficient (Wildman–Crippen LogP) is 3.67. The van der Waals surface area contributed by atoms with Crippen molar-refractivity contribution in [1.29, 1.82) is 5.26 Å². The number of rotatable bonds is 7. The SMILES string of the molecule is C=CCN(CC=C)C(=O)/C(C#N)=C\Nc1ccc(Cl)cc1C. The smallest absolute Gasteiger partial charge is 0.266 e. The zero-order valence-electron chi connectivity index (χ0n) is 12.5. The molecule has 0 fully saturated rings. The minimum Gasteiger partial charge on any atom is -0.360 e. The molecular formula is C17H18ClN3O. The van der Waals surface area contributed by atoms with Crippen LogP contribution >= 0.6 is 11.6 Å². The molecule has 0 aliphatic rings. The molecule has 0 saturated heterocycles. The van der Waals surface area contributed by atoms with Gasteiger partial charge in [0.25, 0.3) is 5.91 Å². The van der Waals surface area contributed by atoms with Gasteiger partial charge in [-0.25, -0.2) is 0 Å². The van der Waals surface area contributed by atoms with Crippen molar-refractivity contribution in [2.45, 2.75) is 6.92 Å². The van der Waals surface area contributed by atoms with Gasteiger partial charge in [-0.05, 0) is 30.7 Å². The Morgan fingerprint density at radius 2 is 2.05 bits per heavy atom. The Labute approximate surface area is 136 Å². The molecule has 0 heterocycles. The molecule has 0 saturated carbocycles. The first-order valence-electron chi connectivity index (χ1n) is 6.67. The number of carbonyl (C=O) groups is 1. The second-order valence-corrected chi connectivity index (χ2v) is 5.00. The molecule has 0 aliphatic carbocycles. The van der Waals surface area contributed by atoms with Crippen molar-refractivity contribution < 1.29 is 4.79 Å². The number of hydrogen-bond acceptors (Lipinski definition) is 3. The highest BCUT2D eigenvalue weighted by molar-refractivity contribution is 6.30. The van der Waals surface area contributed by atoms with Gasteiger partial charge >= 0.3 is 0 Å². The fraction of sp³-hybridized carbons (Fsp3) is 0.176. The first kappa shape index (κ1) is 17.5. The average molecular weight is 316 g/mol. The van der Waals surface area contributed by atoms with E-state index in [9.17, 15) is 10.1 Å². The van der Waals surface area contributed by atoms with Gasteiger partial charge in [-0.3, -0.25) is 4.79 Å². The molecule has 0 spiro atoms. The second kappa shape index (κ2) is 8.71. The van der Waals surface area contributed by atoms with Crippen molar-refractivity contribution >= 4 is 23.2 Å². The van der Waals surface area contributed by atoms with E-state index in [4.69, 9.17) is 11.6 Å². The molecule has 1 aromatic carbocycles. The quantitative estimate of drug-likeness (QED) is 0.474. The molecule has 0 radical (unpaired) electrons. The third-order valence-electron chi connectivity index (χ3n) is 2.90. The van der Waals surface area contributed by atoms with Crippen LogP contribution in [0.2, 0.25) is 5.02 Å². The molecular weight excluding hydrogens is 298 g/mol.